The second-order valence-corrected chi connectivity index (χ2v) is 8.21. The molecular formula is C25H18ClF3N2O4. The fraction of sp³-hybridized carbons (Fsp3) is 0.160. The Labute approximate surface area is 202 Å². The van der Waals surface area contributed by atoms with Gasteiger partial charge in [-0.3, -0.25) is 5.10 Å². The number of aromatic hydroxyl groups is 1. The van der Waals surface area contributed by atoms with Crippen LogP contribution < -0.4 is 14.2 Å². The Morgan fingerprint density at radius 2 is 1.71 bits per heavy atom. The van der Waals surface area contributed by atoms with Crippen LogP contribution in [0.15, 0.2) is 60.7 Å². The Balaban J connectivity index is 1.50. The number of nitrogens with zero attached hydrogens (tertiary/aromatic N) is 1. The van der Waals surface area contributed by atoms with E-state index in [4.69, 9.17) is 25.8 Å². The summed E-state index contributed by atoms with van der Waals surface area (Å²) in [5.41, 5.74) is -0.115. The van der Waals surface area contributed by atoms with E-state index in [-0.39, 0.29) is 34.7 Å². The number of halogens is 4. The second-order valence-electron chi connectivity index (χ2n) is 7.77. The van der Waals surface area contributed by atoms with E-state index < -0.39 is 11.9 Å². The van der Waals surface area contributed by atoms with Crippen molar-refractivity contribution in [1.82, 2.24) is 10.2 Å². The zero-order valence-corrected chi connectivity index (χ0v) is 18.8. The zero-order valence-electron chi connectivity index (χ0n) is 18.0. The minimum absolute atomic E-state index is 0.0595. The summed E-state index contributed by atoms with van der Waals surface area (Å²) in [6.45, 7) is 0.871. The summed E-state index contributed by atoms with van der Waals surface area (Å²) in [6.07, 6.45) is -4.70. The van der Waals surface area contributed by atoms with Crippen LogP contribution in [0, 0.1) is 0 Å². The molecule has 0 aliphatic carbocycles. The highest BCUT2D eigenvalue weighted by atomic mass is 35.5. The van der Waals surface area contributed by atoms with Crippen LogP contribution in [0.5, 0.6) is 23.0 Å². The van der Waals surface area contributed by atoms with Crippen LogP contribution in [-0.2, 0) is 12.8 Å². The quantitative estimate of drug-likeness (QED) is 0.327. The molecule has 10 heteroatoms. The standard InChI is InChI=1S/C25H18ClF3N2O4/c26-16-4-1-14(2-5-16)13-35-17-6-7-18(19(32)12-17)23-22(24(31-30-23)25(27,28)29)15-3-8-20-21(11-15)34-10-9-33-20/h1-8,11-12,32H,9-10,13H2,(H,30,31). The van der Waals surface area contributed by atoms with Crippen LogP contribution >= 0.6 is 11.6 Å². The summed E-state index contributed by atoms with van der Waals surface area (Å²) in [5, 5.41) is 17.3. The molecule has 0 atom stereocenters. The van der Waals surface area contributed by atoms with E-state index in [1.165, 1.54) is 24.3 Å². The smallest absolute Gasteiger partial charge is 0.433 e. The molecule has 6 nitrogen and oxygen atoms in total. The summed E-state index contributed by atoms with van der Waals surface area (Å²) in [4.78, 5) is 0. The minimum atomic E-state index is -4.70. The molecular weight excluding hydrogens is 485 g/mol. The third kappa shape index (κ3) is 4.72. The van der Waals surface area contributed by atoms with Crippen molar-refractivity contribution in [2.45, 2.75) is 12.8 Å². The van der Waals surface area contributed by atoms with Gasteiger partial charge in [0.05, 0.1) is 0 Å². The maximum Gasteiger partial charge on any atom is 0.433 e. The second kappa shape index (κ2) is 9.07. The van der Waals surface area contributed by atoms with Gasteiger partial charge in [0, 0.05) is 22.2 Å². The zero-order chi connectivity index (χ0) is 24.6. The largest absolute Gasteiger partial charge is 0.507 e. The van der Waals surface area contributed by atoms with E-state index >= 15 is 0 Å². The van der Waals surface area contributed by atoms with Crippen LogP contribution in [-0.4, -0.2) is 28.5 Å². The number of aromatic amines is 1. The third-order valence-electron chi connectivity index (χ3n) is 5.42. The van der Waals surface area contributed by atoms with E-state index in [0.29, 0.717) is 35.5 Å². The van der Waals surface area contributed by atoms with E-state index in [0.717, 1.165) is 5.56 Å². The third-order valence-corrected chi connectivity index (χ3v) is 5.68. The first-order chi connectivity index (χ1) is 16.8. The summed E-state index contributed by atoms with van der Waals surface area (Å²) in [7, 11) is 0. The molecule has 180 valence electrons. The number of fused-ring (bicyclic) bond motifs is 1. The van der Waals surface area contributed by atoms with Gasteiger partial charge < -0.3 is 19.3 Å². The van der Waals surface area contributed by atoms with Crippen molar-refractivity contribution in [3.05, 3.63) is 76.9 Å². The number of phenolic OH excluding ortho intramolecular Hbond substituents is 1. The van der Waals surface area contributed by atoms with E-state index in [2.05, 4.69) is 10.2 Å². The highest BCUT2D eigenvalue weighted by molar-refractivity contribution is 6.30. The first-order valence-corrected chi connectivity index (χ1v) is 10.9. The molecule has 0 spiro atoms. The molecule has 0 saturated carbocycles. The van der Waals surface area contributed by atoms with Gasteiger partial charge in [-0.15, -0.1) is 0 Å². The SMILES string of the molecule is Oc1cc(OCc2ccc(Cl)cc2)ccc1-c1n[nH]c(C(F)(F)F)c1-c1ccc2c(c1)OCCO2. The number of hydrogen-bond donors (Lipinski definition) is 2. The first kappa shape index (κ1) is 22.9. The number of phenols is 1. The number of ether oxygens (including phenoxy) is 3. The lowest BCUT2D eigenvalue weighted by Crippen LogP contribution is -2.15. The van der Waals surface area contributed by atoms with Gasteiger partial charge in [-0.1, -0.05) is 29.8 Å². The average molecular weight is 503 g/mol. The predicted molar refractivity (Wildman–Crippen MR) is 123 cm³/mol. The number of aromatic nitrogens is 2. The van der Waals surface area contributed by atoms with Crippen molar-refractivity contribution in [3.63, 3.8) is 0 Å². The van der Waals surface area contributed by atoms with Crippen molar-refractivity contribution in [2.24, 2.45) is 0 Å². The van der Waals surface area contributed by atoms with Crippen LogP contribution in [0.3, 0.4) is 0 Å². The van der Waals surface area contributed by atoms with Crippen molar-refractivity contribution in [2.75, 3.05) is 13.2 Å². The number of rotatable bonds is 5. The average Bonchev–Trinajstić information content (AvgIpc) is 3.29. The lowest BCUT2D eigenvalue weighted by molar-refractivity contribution is -0.140. The summed E-state index contributed by atoms with van der Waals surface area (Å²) < 4.78 is 58.2. The molecule has 1 aliphatic rings. The Kier molecular flexibility index (Phi) is 5.94. The summed E-state index contributed by atoms with van der Waals surface area (Å²) in [6, 6.07) is 15.9. The molecule has 35 heavy (non-hydrogen) atoms. The van der Waals surface area contributed by atoms with Crippen molar-refractivity contribution in [1.29, 1.82) is 0 Å². The van der Waals surface area contributed by atoms with Gasteiger partial charge in [-0.05, 0) is 47.5 Å². The van der Waals surface area contributed by atoms with Gasteiger partial charge in [0.25, 0.3) is 0 Å². The van der Waals surface area contributed by atoms with Gasteiger partial charge in [-0.25, -0.2) is 0 Å². The monoisotopic (exact) mass is 502 g/mol. The van der Waals surface area contributed by atoms with E-state index in [9.17, 15) is 18.3 Å². The maximum absolute atomic E-state index is 13.8. The van der Waals surface area contributed by atoms with Crippen molar-refractivity contribution < 1.29 is 32.5 Å². The molecule has 3 aromatic carbocycles. The van der Waals surface area contributed by atoms with Crippen LogP contribution in [0.25, 0.3) is 22.4 Å². The van der Waals surface area contributed by atoms with Crippen LogP contribution in [0.4, 0.5) is 13.2 Å². The molecule has 0 bridgehead atoms. The fourth-order valence-corrected chi connectivity index (χ4v) is 3.90. The Morgan fingerprint density at radius 1 is 0.971 bits per heavy atom. The molecule has 0 radical (unpaired) electrons. The van der Waals surface area contributed by atoms with E-state index in [1.54, 1.807) is 36.4 Å². The lowest BCUT2D eigenvalue weighted by atomic mass is 9.97. The Bertz CT molecular complexity index is 1370. The highest BCUT2D eigenvalue weighted by Crippen LogP contribution is 2.45. The molecule has 2 N–H and O–H groups in total. The Hall–Kier alpha value is -3.85. The maximum atomic E-state index is 13.8. The summed E-state index contributed by atoms with van der Waals surface area (Å²) >= 11 is 5.88. The molecule has 5 rings (SSSR count). The van der Waals surface area contributed by atoms with E-state index in [1.807, 2.05) is 0 Å². The molecule has 1 aliphatic heterocycles. The van der Waals surface area contributed by atoms with Gasteiger partial charge in [0.1, 0.15) is 42.7 Å². The number of nitrogens with one attached hydrogen (secondary N) is 1. The molecule has 2 heterocycles. The number of alkyl halides is 3. The van der Waals surface area contributed by atoms with Crippen molar-refractivity contribution >= 4 is 11.6 Å². The normalized spacial score (nSPS) is 13.0. The Morgan fingerprint density at radius 3 is 2.43 bits per heavy atom. The molecule has 0 fully saturated rings. The van der Waals surface area contributed by atoms with Crippen LogP contribution in [0.2, 0.25) is 5.02 Å². The molecule has 4 aromatic rings. The van der Waals surface area contributed by atoms with Gasteiger partial charge in [0.15, 0.2) is 11.5 Å². The van der Waals surface area contributed by atoms with Gasteiger partial charge in [0.2, 0.25) is 0 Å². The molecule has 0 amide bonds. The lowest BCUT2D eigenvalue weighted by Gasteiger charge is -2.19. The fourth-order valence-electron chi connectivity index (χ4n) is 3.77. The molecule has 0 saturated heterocycles. The molecule has 0 unspecified atom stereocenters. The molecule has 1 aromatic heterocycles. The number of H-pyrrole nitrogens is 1. The van der Waals surface area contributed by atoms with Crippen LogP contribution in [0.1, 0.15) is 11.3 Å². The van der Waals surface area contributed by atoms with Gasteiger partial charge in [-0.2, -0.15) is 18.3 Å². The van der Waals surface area contributed by atoms with Crippen molar-refractivity contribution in [3.8, 4) is 45.4 Å². The predicted octanol–water partition coefficient (Wildman–Crippen LogP) is 6.47. The minimum Gasteiger partial charge on any atom is -0.507 e. The first-order valence-electron chi connectivity index (χ1n) is 10.6. The topological polar surface area (TPSA) is 76.6 Å². The highest BCUT2D eigenvalue weighted by Gasteiger charge is 2.38. The number of hydrogen-bond acceptors (Lipinski definition) is 5. The summed E-state index contributed by atoms with van der Waals surface area (Å²) in [5.74, 6) is 0.846. The number of benzene rings is 3. The van der Waals surface area contributed by atoms with Gasteiger partial charge >= 0.3 is 6.18 Å².